The van der Waals surface area contributed by atoms with Gasteiger partial charge in [-0.3, -0.25) is 9.59 Å². The van der Waals surface area contributed by atoms with Crippen LogP contribution in [0.1, 0.15) is 21.5 Å². The number of ether oxygens (including phenoxy) is 2. The van der Waals surface area contributed by atoms with E-state index < -0.39 is 0 Å². The van der Waals surface area contributed by atoms with Gasteiger partial charge in [0, 0.05) is 18.7 Å². The monoisotopic (exact) mass is 424 g/mol. The van der Waals surface area contributed by atoms with Crippen LogP contribution in [0.2, 0.25) is 0 Å². The van der Waals surface area contributed by atoms with Crippen molar-refractivity contribution < 1.29 is 24.0 Å². The third-order valence-electron chi connectivity index (χ3n) is 6.25. The largest absolute Gasteiger partial charge is 0.493 e. The number of fused-ring (bicyclic) bond motifs is 1. The zero-order chi connectivity index (χ0) is 21.8. The van der Waals surface area contributed by atoms with Crippen molar-refractivity contribution in [1.29, 1.82) is 0 Å². The molecule has 0 radical (unpaired) electrons. The van der Waals surface area contributed by atoms with Gasteiger partial charge in [-0.2, -0.15) is 0 Å². The molecule has 0 aromatic heterocycles. The number of quaternary nitrogens is 1. The van der Waals surface area contributed by atoms with Crippen LogP contribution < -0.4 is 14.4 Å². The number of amides is 2. The highest BCUT2D eigenvalue weighted by atomic mass is 16.5. The minimum atomic E-state index is 0.0722. The van der Waals surface area contributed by atoms with E-state index in [4.69, 9.17) is 9.47 Å². The van der Waals surface area contributed by atoms with Crippen molar-refractivity contribution in [2.75, 3.05) is 53.5 Å². The van der Waals surface area contributed by atoms with E-state index >= 15 is 0 Å². The van der Waals surface area contributed by atoms with Crippen LogP contribution in [-0.2, 0) is 17.8 Å². The molecule has 0 bridgehead atoms. The number of piperazine rings is 1. The maximum atomic E-state index is 13.0. The summed E-state index contributed by atoms with van der Waals surface area (Å²) >= 11 is 0. The third-order valence-corrected chi connectivity index (χ3v) is 6.25. The van der Waals surface area contributed by atoms with Crippen LogP contribution in [0.3, 0.4) is 0 Å². The molecule has 1 saturated heterocycles. The molecular formula is C24H30N3O4+. The van der Waals surface area contributed by atoms with Gasteiger partial charge in [-0.05, 0) is 41.8 Å². The summed E-state index contributed by atoms with van der Waals surface area (Å²) in [6, 6.07) is 13.4. The SMILES string of the molecule is COc1cc2c(cc1OC)CN(C(=O)C[NH+]1CCN(C(=O)c3ccccc3)CC1)CC2. The van der Waals surface area contributed by atoms with Gasteiger partial charge < -0.3 is 24.2 Å². The summed E-state index contributed by atoms with van der Waals surface area (Å²) in [6.07, 6.45) is 0.816. The zero-order valence-electron chi connectivity index (χ0n) is 18.2. The molecule has 2 heterocycles. The third kappa shape index (κ3) is 4.66. The van der Waals surface area contributed by atoms with Crippen LogP contribution in [0.5, 0.6) is 11.5 Å². The molecule has 31 heavy (non-hydrogen) atoms. The average Bonchev–Trinajstić information content (AvgIpc) is 2.83. The molecule has 2 amide bonds. The number of methoxy groups -OCH3 is 2. The fraction of sp³-hybridized carbons (Fsp3) is 0.417. The van der Waals surface area contributed by atoms with Crippen LogP contribution in [0.15, 0.2) is 42.5 Å². The number of nitrogens with zero attached hydrogens (tertiary/aromatic N) is 2. The minimum Gasteiger partial charge on any atom is -0.493 e. The van der Waals surface area contributed by atoms with Gasteiger partial charge >= 0.3 is 0 Å². The lowest BCUT2D eigenvalue weighted by Gasteiger charge is -2.34. The molecule has 7 heteroatoms. The number of hydrogen-bond acceptors (Lipinski definition) is 4. The fourth-order valence-corrected chi connectivity index (χ4v) is 4.39. The predicted molar refractivity (Wildman–Crippen MR) is 117 cm³/mol. The second-order valence-corrected chi connectivity index (χ2v) is 8.13. The van der Waals surface area contributed by atoms with E-state index in [2.05, 4.69) is 0 Å². The van der Waals surface area contributed by atoms with Crippen LogP contribution in [0.4, 0.5) is 0 Å². The lowest BCUT2D eigenvalue weighted by Crippen LogP contribution is -3.15. The van der Waals surface area contributed by atoms with E-state index in [0.717, 1.165) is 36.4 Å². The van der Waals surface area contributed by atoms with Crippen molar-refractivity contribution in [3.8, 4) is 11.5 Å². The van der Waals surface area contributed by atoms with Crippen LogP contribution in [0, 0.1) is 0 Å². The van der Waals surface area contributed by atoms with Gasteiger partial charge in [0.1, 0.15) is 0 Å². The van der Waals surface area contributed by atoms with E-state index in [0.29, 0.717) is 38.5 Å². The highest BCUT2D eigenvalue weighted by Gasteiger charge is 2.29. The van der Waals surface area contributed by atoms with Gasteiger partial charge in [0.15, 0.2) is 18.0 Å². The molecule has 1 N–H and O–H groups in total. The summed E-state index contributed by atoms with van der Waals surface area (Å²) in [4.78, 5) is 30.6. The van der Waals surface area contributed by atoms with Crippen LogP contribution in [-0.4, -0.2) is 75.1 Å². The van der Waals surface area contributed by atoms with E-state index in [9.17, 15) is 9.59 Å². The van der Waals surface area contributed by atoms with Crippen molar-refractivity contribution in [3.63, 3.8) is 0 Å². The Bertz CT molecular complexity index is 939. The molecule has 0 saturated carbocycles. The average molecular weight is 425 g/mol. The van der Waals surface area contributed by atoms with Crippen LogP contribution >= 0.6 is 0 Å². The Kier molecular flexibility index (Phi) is 6.42. The van der Waals surface area contributed by atoms with Crippen molar-refractivity contribution >= 4 is 11.8 Å². The molecule has 164 valence electrons. The second kappa shape index (κ2) is 9.39. The predicted octanol–water partition coefficient (Wildman–Crippen LogP) is 0.629. The maximum Gasteiger partial charge on any atom is 0.278 e. The summed E-state index contributed by atoms with van der Waals surface area (Å²) in [6.45, 7) is 4.72. The Balaban J connectivity index is 1.31. The first-order chi connectivity index (χ1) is 15.1. The molecule has 4 rings (SSSR count). The molecule has 1 fully saturated rings. The van der Waals surface area contributed by atoms with E-state index in [1.54, 1.807) is 14.2 Å². The van der Waals surface area contributed by atoms with Gasteiger partial charge in [0.25, 0.3) is 11.8 Å². The minimum absolute atomic E-state index is 0.0722. The quantitative estimate of drug-likeness (QED) is 0.765. The number of hydrogen-bond donors (Lipinski definition) is 1. The van der Waals surface area contributed by atoms with Gasteiger partial charge in [-0.1, -0.05) is 18.2 Å². The lowest BCUT2D eigenvalue weighted by atomic mass is 9.98. The number of carbonyl (C=O) groups is 2. The number of carbonyl (C=O) groups excluding carboxylic acids is 2. The Labute approximate surface area is 183 Å². The van der Waals surface area contributed by atoms with E-state index in [1.807, 2.05) is 52.3 Å². The first-order valence-corrected chi connectivity index (χ1v) is 10.8. The normalized spacial score (nSPS) is 16.6. The highest BCUT2D eigenvalue weighted by molar-refractivity contribution is 5.94. The molecule has 2 aliphatic rings. The molecule has 2 aromatic carbocycles. The smallest absolute Gasteiger partial charge is 0.278 e. The first-order valence-electron chi connectivity index (χ1n) is 10.8. The van der Waals surface area contributed by atoms with Crippen LogP contribution in [0.25, 0.3) is 0 Å². The molecular weight excluding hydrogens is 394 g/mol. The summed E-state index contributed by atoms with van der Waals surface area (Å²) in [5.74, 6) is 1.66. The van der Waals surface area contributed by atoms with E-state index in [1.165, 1.54) is 10.5 Å². The van der Waals surface area contributed by atoms with E-state index in [-0.39, 0.29) is 11.8 Å². The fourth-order valence-electron chi connectivity index (χ4n) is 4.39. The summed E-state index contributed by atoms with van der Waals surface area (Å²) in [5, 5.41) is 0. The number of nitrogens with one attached hydrogen (secondary N) is 1. The lowest BCUT2D eigenvalue weighted by molar-refractivity contribution is -0.896. The van der Waals surface area contributed by atoms with Crippen molar-refractivity contribution in [1.82, 2.24) is 9.80 Å². The topological polar surface area (TPSA) is 63.5 Å². The van der Waals surface area contributed by atoms with Crippen molar-refractivity contribution in [2.24, 2.45) is 0 Å². The Morgan fingerprint density at radius 1 is 0.903 bits per heavy atom. The molecule has 7 nitrogen and oxygen atoms in total. The summed E-state index contributed by atoms with van der Waals surface area (Å²) < 4.78 is 10.8. The molecule has 2 aliphatic heterocycles. The van der Waals surface area contributed by atoms with Gasteiger partial charge in [-0.25, -0.2) is 0 Å². The molecule has 2 aromatic rings. The molecule has 0 spiro atoms. The Hall–Kier alpha value is -3.06. The number of rotatable bonds is 5. The van der Waals surface area contributed by atoms with Gasteiger partial charge in [0.2, 0.25) is 0 Å². The molecule has 0 aliphatic carbocycles. The Morgan fingerprint density at radius 2 is 1.55 bits per heavy atom. The van der Waals surface area contributed by atoms with Gasteiger partial charge in [-0.15, -0.1) is 0 Å². The van der Waals surface area contributed by atoms with Crippen molar-refractivity contribution in [3.05, 3.63) is 59.2 Å². The first kappa shape index (κ1) is 21.2. The zero-order valence-corrected chi connectivity index (χ0v) is 18.2. The summed E-state index contributed by atoms with van der Waals surface area (Å²) in [5.41, 5.74) is 3.05. The summed E-state index contributed by atoms with van der Waals surface area (Å²) in [7, 11) is 3.26. The standard InChI is InChI=1S/C24H29N3O4/c1-30-21-14-19-8-9-27(16-20(19)15-22(21)31-2)23(28)17-25-10-12-26(13-11-25)24(29)18-6-4-3-5-7-18/h3-7,14-15H,8-13,16-17H2,1-2H3/p+1. The highest BCUT2D eigenvalue weighted by Crippen LogP contribution is 2.33. The molecule has 0 unspecified atom stereocenters. The Morgan fingerprint density at radius 3 is 2.19 bits per heavy atom. The van der Waals surface area contributed by atoms with Crippen molar-refractivity contribution in [2.45, 2.75) is 13.0 Å². The van der Waals surface area contributed by atoms with Gasteiger partial charge in [0.05, 0.1) is 40.4 Å². The molecule has 0 atom stereocenters. The number of benzene rings is 2. The second-order valence-electron chi connectivity index (χ2n) is 8.13. The maximum absolute atomic E-state index is 13.0.